The van der Waals surface area contributed by atoms with Gasteiger partial charge >= 0.3 is 0 Å². The van der Waals surface area contributed by atoms with Gasteiger partial charge in [0.05, 0.1) is 11.2 Å². The van der Waals surface area contributed by atoms with Gasteiger partial charge in [-0.05, 0) is 24.3 Å². The van der Waals surface area contributed by atoms with E-state index in [0.29, 0.717) is 0 Å². The van der Waals surface area contributed by atoms with Crippen LogP contribution in [0.4, 0.5) is 0 Å². The highest BCUT2D eigenvalue weighted by Crippen LogP contribution is 2.10. The van der Waals surface area contributed by atoms with Gasteiger partial charge in [0.15, 0.2) is 9.84 Å². The van der Waals surface area contributed by atoms with Crippen LogP contribution in [-0.2, 0) is 19.9 Å². The van der Waals surface area contributed by atoms with Crippen LogP contribution >= 0.6 is 0 Å². The van der Waals surface area contributed by atoms with Crippen molar-refractivity contribution < 1.29 is 21.6 Å². The van der Waals surface area contributed by atoms with Crippen molar-refractivity contribution in [1.82, 2.24) is 4.72 Å². The first-order valence-corrected chi connectivity index (χ1v) is 8.20. The Morgan fingerprint density at radius 2 is 1.47 bits per heavy atom. The third-order valence-corrected chi connectivity index (χ3v) is 3.51. The van der Waals surface area contributed by atoms with Crippen molar-refractivity contribution >= 4 is 25.8 Å². The number of carbonyl (C=O) groups is 1. The maximum atomic E-state index is 11.4. The number of carbonyl (C=O) groups excluding carboxylic acids is 1. The summed E-state index contributed by atoms with van der Waals surface area (Å²) in [7, 11) is -6.96. The van der Waals surface area contributed by atoms with Gasteiger partial charge in [0.25, 0.3) is 5.91 Å². The molecule has 0 spiro atoms. The Bertz CT molecular complexity index is 628. The van der Waals surface area contributed by atoms with E-state index in [1.165, 1.54) is 24.3 Å². The number of hydrogen-bond donors (Lipinski definition) is 1. The first-order chi connectivity index (χ1) is 7.59. The van der Waals surface area contributed by atoms with Crippen molar-refractivity contribution in [2.75, 3.05) is 12.5 Å². The topological polar surface area (TPSA) is 97.4 Å². The molecule has 6 nitrogen and oxygen atoms in total. The predicted octanol–water partition coefficient (Wildman–Crippen LogP) is -0.220. The molecule has 1 N–H and O–H groups in total. The molecule has 0 aliphatic rings. The lowest BCUT2D eigenvalue weighted by atomic mass is 10.2. The second kappa shape index (κ2) is 4.46. The smallest absolute Gasteiger partial charge is 0.264 e. The summed E-state index contributed by atoms with van der Waals surface area (Å²) < 4.78 is 45.7. The number of benzene rings is 1. The number of nitrogens with one attached hydrogen (secondary N) is 1. The molecule has 0 radical (unpaired) electrons. The molecule has 0 aliphatic heterocycles. The van der Waals surface area contributed by atoms with Gasteiger partial charge in [-0.2, -0.15) is 0 Å². The average Bonchev–Trinajstić information content (AvgIpc) is 2.14. The molecule has 1 aromatic rings. The average molecular weight is 277 g/mol. The van der Waals surface area contributed by atoms with Crippen LogP contribution in [0.25, 0.3) is 0 Å². The second-order valence-corrected chi connectivity index (χ2v) is 7.26. The monoisotopic (exact) mass is 277 g/mol. The minimum absolute atomic E-state index is 0.0633. The van der Waals surface area contributed by atoms with Gasteiger partial charge in [-0.3, -0.25) is 4.79 Å². The molecule has 0 bridgehead atoms. The second-order valence-electron chi connectivity index (χ2n) is 3.50. The highest BCUT2D eigenvalue weighted by atomic mass is 32.2. The number of amides is 1. The Morgan fingerprint density at radius 1 is 1.00 bits per heavy atom. The number of sulfone groups is 1. The van der Waals surface area contributed by atoms with Crippen LogP contribution in [0.1, 0.15) is 10.4 Å². The minimum Gasteiger partial charge on any atom is -0.268 e. The van der Waals surface area contributed by atoms with E-state index >= 15 is 0 Å². The lowest BCUT2D eigenvalue weighted by Crippen LogP contribution is -2.29. The van der Waals surface area contributed by atoms with E-state index in [-0.39, 0.29) is 10.5 Å². The van der Waals surface area contributed by atoms with Crippen LogP contribution in [0.3, 0.4) is 0 Å². The normalized spacial score (nSPS) is 12.1. The van der Waals surface area contributed by atoms with Gasteiger partial charge < -0.3 is 0 Å². The molecule has 0 aliphatic carbocycles. The molecular formula is C9H11NO5S2. The van der Waals surface area contributed by atoms with Crippen LogP contribution in [-0.4, -0.2) is 35.3 Å². The number of hydrogen-bond acceptors (Lipinski definition) is 5. The summed E-state index contributed by atoms with van der Waals surface area (Å²) in [6.07, 6.45) is 1.90. The first-order valence-electron chi connectivity index (χ1n) is 4.42. The maximum absolute atomic E-state index is 11.4. The zero-order valence-electron chi connectivity index (χ0n) is 9.17. The van der Waals surface area contributed by atoms with Crippen LogP contribution in [0, 0.1) is 0 Å². The van der Waals surface area contributed by atoms with E-state index in [4.69, 9.17) is 0 Å². The minimum atomic E-state index is -3.63. The van der Waals surface area contributed by atoms with Crippen molar-refractivity contribution in [2.24, 2.45) is 0 Å². The summed E-state index contributed by atoms with van der Waals surface area (Å²) in [4.78, 5) is 11.4. The Kier molecular flexibility index (Phi) is 3.58. The van der Waals surface area contributed by atoms with Crippen molar-refractivity contribution in [2.45, 2.75) is 4.90 Å². The van der Waals surface area contributed by atoms with E-state index < -0.39 is 25.8 Å². The van der Waals surface area contributed by atoms with Gasteiger partial charge in [0, 0.05) is 11.8 Å². The number of rotatable bonds is 3. The molecule has 94 valence electrons. The molecule has 0 saturated heterocycles. The first kappa shape index (κ1) is 13.7. The van der Waals surface area contributed by atoms with Crippen molar-refractivity contribution in [3.8, 4) is 0 Å². The van der Waals surface area contributed by atoms with Crippen LogP contribution in [0.15, 0.2) is 29.2 Å². The Balaban J connectivity index is 3.00. The Labute approximate surface area is 99.6 Å². The molecule has 1 rings (SSSR count). The maximum Gasteiger partial charge on any atom is 0.264 e. The zero-order chi connectivity index (χ0) is 13.3. The molecule has 8 heteroatoms. The molecule has 0 aromatic heterocycles. The third-order valence-electron chi connectivity index (χ3n) is 1.82. The standard InChI is InChI=1S/C9H11NO5S2/c1-16(12,13)8-5-3-7(4-6-8)9(11)10-17(2,14)15/h3-6H,1-2H3,(H,10,11). The lowest BCUT2D eigenvalue weighted by molar-refractivity contribution is 0.0981. The summed E-state index contributed by atoms with van der Waals surface area (Å²) in [5.74, 6) is -0.799. The SMILES string of the molecule is CS(=O)(=O)NC(=O)c1ccc(S(C)(=O)=O)cc1. The largest absolute Gasteiger partial charge is 0.268 e. The molecule has 0 unspecified atom stereocenters. The fourth-order valence-corrected chi connectivity index (χ4v) is 2.17. The summed E-state index contributed by atoms with van der Waals surface area (Å²) in [6.45, 7) is 0. The molecule has 17 heavy (non-hydrogen) atoms. The number of sulfonamides is 1. The summed E-state index contributed by atoms with van der Waals surface area (Å²) in [5, 5.41) is 0. The molecule has 0 atom stereocenters. The molecule has 1 amide bonds. The fraction of sp³-hybridized carbons (Fsp3) is 0.222. The molecule has 0 saturated carbocycles. The van der Waals surface area contributed by atoms with Crippen molar-refractivity contribution in [3.63, 3.8) is 0 Å². The zero-order valence-corrected chi connectivity index (χ0v) is 10.8. The van der Waals surface area contributed by atoms with Gasteiger partial charge in [0.1, 0.15) is 0 Å². The van der Waals surface area contributed by atoms with Crippen molar-refractivity contribution in [1.29, 1.82) is 0 Å². The van der Waals surface area contributed by atoms with Gasteiger partial charge in [0.2, 0.25) is 10.0 Å². The highest BCUT2D eigenvalue weighted by molar-refractivity contribution is 7.90. The highest BCUT2D eigenvalue weighted by Gasteiger charge is 2.12. The molecule has 0 heterocycles. The summed E-state index contributed by atoms with van der Waals surface area (Å²) >= 11 is 0. The lowest BCUT2D eigenvalue weighted by Gasteiger charge is -2.03. The van der Waals surface area contributed by atoms with Crippen LogP contribution < -0.4 is 4.72 Å². The predicted molar refractivity (Wildman–Crippen MR) is 61.9 cm³/mol. The summed E-state index contributed by atoms with van der Waals surface area (Å²) in [6, 6.07) is 4.98. The Morgan fingerprint density at radius 3 is 1.82 bits per heavy atom. The van der Waals surface area contributed by atoms with Crippen molar-refractivity contribution in [3.05, 3.63) is 29.8 Å². The third kappa shape index (κ3) is 4.16. The van der Waals surface area contributed by atoms with Crippen LogP contribution in [0.2, 0.25) is 0 Å². The molecule has 0 fully saturated rings. The molecular weight excluding hydrogens is 266 g/mol. The Hall–Kier alpha value is -1.41. The van der Waals surface area contributed by atoms with E-state index in [0.717, 1.165) is 12.5 Å². The molecule has 1 aromatic carbocycles. The van der Waals surface area contributed by atoms with Gasteiger partial charge in [-0.15, -0.1) is 0 Å². The van der Waals surface area contributed by atoms with E-state index in [2.05, 4.69) is 0 Å². The van der Waals surface area contributed by atoms with Gasteiger partial charge in [-0.25, -0.2) is 21.6 Å². The van der Waals surface area contributed by atoms with Crippen LogP contribution in [0.5, 0.6) is 0 Å². The summed E-state index contributed by atoms with van der Waals surface area (Å²) in [5.41, 5.74) is 0.0721. The quantitative estimate of drug-likeness (QED) is 0.823. The van der Waals surface area contributed by atoms with E-state index in [1.54, 1.807) is 4.72 Å². The van der Waals surface area contributed by atoms with E-state index in [1.807, 2.05) is 0 Å². The van der Waals surface area contributed by atoms with E-state index in [9.17, 15) is 21.6 Å². The van der Waals surface area contributed by atoms with Gasteiger partial charge in [-0.1, -0.05) is 0 Å². The fourth-order valence-electron chi connectivity index (χ4n) is 1.08.